The number of halogens is 1. The molecule has 7 rings (SSSR count). The number of thiophene rings is 1. The highest BCUT2D eigenvalue weighted by molar-refractivity contribution is 7.15. The summed E-state index contributed by atoms with van der Waals surface area (Å²) in [7, 11) is 0. The number of nitrogens with one attached hydrogen (secondary N) is 3. The molecule has 77 heavy (non-hydrogen) atoms. The van der Waals surface area contributed by atoms with E-state index in [2.05, 4.69) is 55.0 Å². The quantitative estimate of drug-likeness (QED) is 0.0173. The number of benzene rings is 2. The molecule has 0 bridgehead atoms. The minimum absolute atomic E-state index is 0.0386. The first-order valence-corrected chi connectivity index (χ1v) is 27.8. The van der Waals surface area contributed by atoms with Crippen LogP contribution >= 0.6 is 34.3 Å². The predicted octanol–water partition coefficient (Wildman–Crippen LogP) is 8.56. The zero-order valence-electron chi connectivity index (χ0n) is 44.8. The van der Waals surface area contributed by atoms with Crippen LogP contribution in [0.15, 0.2) is 64.1 Å². The molecule has 4 amide bonds. The average molecular weight is 1110 g/mol. The number of fused-ring (bicyclic) bond motifs is 3. The molecule has 3 N–H and O–H groups in total. The number of aromatic nitrogens is 4. The smallest absolute Gasteiger partial charge is 0.306 e. The van der Waals surface area contributed by atoms with Gasteiger partial charge in [0, 0.05) is 65.1 Å². The number of amides is 4. The molecular weight excluding hydrogens is 1040 g/mol. The minimum Gasteiger partial charge on any atom is -0.460 e. The summed E-state index contributed by atoms with van der Waals surface area (Å²) in [5.74, 6) is -0.873. The van der Waals surface area contributed by atoms with Crippen LogP contribution in [0.2, 0.25) is 5.02 Å². The standard InChI is InChI=1S/C54H67ClN12O8S2/c1-31-34(4)77-53-46(31)47(37-17-19-39(55)20-18-37)61-41(50-64-63-35(5)67(50)53)27-43(68)57-22-25-73-23-11-24-74-29-44(69)62-49(54(6,7)8)52(72)66-28-40(75-45(70)12-9-10-21-59-65-56)26-42(66)51(71)60-32(2)36-13-15-38(16-14-36)48-33(3)58-30-76-48/h13-20,30,32,40-42,49H,9-12,21-29H2,1-8H3,(H,57,68)(H,60,71)(H,62,69)/t32-,40+,41-,42-,49+/m0/s1. The van der Waals surface area contributed by atoms with Gasteiger partial charge in [-0.3, -0.25) is 33.5 Å². The summed E-state index contributed by atoms with van der Waals surface area (Å²) >= 11 is 9.44. The molecule has 5 atom stereocenters. The molecule has 2 aromatic carbocycles. The number of aryl methyl sites for hydroxylation is 3. The van der Waals surface area contributed by atoms with Crippen molar-refractivity contribution in [1.82, 2.24) is 40.6 Å². The van der Waals surface area contributed by atoms with Gasteiger partial charge in [0.2, 0.25) is 23.6 Å². The summed E-state index contributed by atoms with van der Waals surface area (Å²) in [6.45, 7) is 16.1. The number of esters is 1. The van der Waals surface area contributed by atoms with E-state index in [1.807, 2.05) is 94.6 Å². The zero-order valence-corrected chi connectivity index (χ0v) is 47.1. The van der Waals surface area contributed by atoms with Crippen LogP contribution < -0.4 is 16.0 Å². The van der Waals surface area contributed by atoms with Crippen LogP contribution in [0, 0.1) is 33.1 Å². The Labute approximate surface area is 461 Å². The number of unbranched alkanes of at least 4 members (excludes halogenated alkanes) is 1. The molecule has 0 aliphatic carbocycles. The Morgan fingerprint density at radius 3 is 2.35 bits per heavy atom. The Morgan fingerprint density at radius 2 is 1.65 bits per heavy atom. The van der Waals surface area contributed by atoms with Gasteiger partial charge in [-0.05, 0) is 93.7 Å². The van der Waals surface area contributed by atoms with Gasteiger partial charge in [-0.1, -0.05) is 73.9 Å². The molecule has 410 valence electrons. The van der Waals surface area contributed by atoms with Crippen LogP contribution in [0.25, 0.3) is 25.9 Å². The van der Waals surface area contributed by atoms with Gasteiger partial charge in [-0.25, -0.2) is 4.98 Å². The summed E-state index contributed by atoms with van der Waals surface area (Å²) in [6.07, 6.45) is 0.807. The van der Waals surface area contributed by atoms with Gasteiger partial charge in [-0.15, -0.1) is 32.9 Å². The summed E-state index contributed by atoms with van der Waals surface area (Å²) in [4.78, 5) is 84.3. The van der Waals surface area contributed by atoms with E-state index in [-0.39, 0.29) is 64.6 Å². The number of carbonyl (C=O) groups excluding carboxylic acids is 5. The Morgan fingerprint density at radius 1 is 0.922 bits per heavy atom. The lowest BCUT2D eigenvalue weighted by atomic mass is 9.85. The van der Waals surface area contributed by atoms with E-state index in [1.54, 1.807) is 28.2 Å². The molecule has 1 saturated heterocycles. The molecule has 3 aromatic heterocycles. The molecule has 2 aliphatic heterocycles. The van der Waals surface area contributed by atoms with E-state index in [4.69, 9.17) is 36.3 Å². The van der Waals surface area contributed by atoms with Crippen LogP contribution in [0.4, 0.5) is 0 Å². The topological polar surface area (TPSA) is 257 Å². The van der Waals surface area contributed by atoms with Gasteiger partial charge in [0.25, 0.3) is 0 Å². The van der Waals surface area contributed by atoms with Crippen molar-refractivity contribution in [3.63, 3.8) is 0 Å². The second kappa shape index (κ2) is 26.7. The number of nitrogens with zero attached hydrogens (tertiary/aromatic N) is 9. The molecule has 0 unspecified atom stereocenters. The Bertz CT molecular complexity index is 2980. The number of hydrogen-bond acceptors (Lipinski definition) is 15. The second-order valence-corrected chi connectivity index (χ2v) is 22.7. The van der Waals surface area contributed by atoms with E-state index in [0.29, 0.717) is 42.5 Å². The molecular formula is C54H67ClN12O8S2. The molecule has 5 heterocycles. The van der Waals surface area contributed by atoms with Crippen molar-refractivity contribution in [2.75, 3.05) is 46.1 Å². The number of aliphatic imine (C=N–C) groups is 1. The fraction of sp³-hybridized carbons (Fsp3) is 0.500. The second-order valence-electron chi connectivity index (χ2n) is 20.2. The molecule has 2 aliphatic rings. The SMILES string of the molecule is Cc1ncsc1-c1ccc([C@H](C)NC(=O)[C@@H]2C[C@@H](OC(=O)CCCCN=[N+]=[N-])CN2C(=O)[C@@H](NC(=O)COCCCOCCNC(=O)C[C@@H]2N=C(c3ccc(Cl)cc3)c3c(sc(C)c3C)-n3c(C)nnc32)C(C)(C)C)cc1. The lowest BCUT2D eigenvalue weighted by Gasteiger charge is -2.35. The molecule has 23 heteroatoms. The Kier molecular flexibility index (Phi) is 20.1. The average Bonchev–Trinajstić information content (AvgIpc) is 4.34. The number of ether oxygens (including phenoxy) is 3. The van der Waals surface area contributed by atoms with Gasteiger partial charge in [0.15, 0.2) is 5.82 Å². The van der Waals surface area contributed by atoms with Gasteiger partial charge in [0.1, 0.15) is 41.7 Å². The van der Waals surface area contributed by atoms with Gasteiger partial charge < -0.3 is 35.1 Å². The molecule has 1 fully saturated rings. The first-order chi connectivity index (χ1) is 36.8. The highest BCUT2D eigenvalue weighted by Gasteiger charge is 2.46. The number of azide groups is 1. The lowest BCUT2D eigenvalue weighted by molar-refractivity contribution is -0.150. The normalized spacial score (nSPS) is 16.8. The summed E-state index contributed by atoms with van der Waals surface area (Å²) in [5, 5.41) is 22.8. The highest BCUT2D eigenvalue weighted by atomic mass is 35.5. The molecule has 20 nitrogen and oxygen atoms in total. The van der Waals surface area contributed by atoms with Gasteiger partial charge in [-0.2, -0.15) is 0 Å². The Hall–Kier alpha value is -6.55. The van der Waals surface area contributed by atoms with Crippen LogP contribution in [0.1, 0.15) is 123 Å². The van der Waals surface area contributed by atoms with Crippen LogP contribution in [0.5, 0.6) is 0 Å². The maximum atomic E-state index is 14.6. The number of likely N-dealkylation sites (tertiary alicyclic amines) is 1. The minimum atomic E-state index is -1.06. The van der Waals surface area contributed by atoms with Crippen molar-refractivity contribution in [2.45, 2.75) is 124 Å². The first-order valence-electron chi connectivity index (χ1n) is 25.7. The summed E-state index contributed by atoms with van der Waals surface area (Å²) < 4.78 is 19.3. The highest BCUT2D eigenvalue weighted by Crippen LogP contribution is 2.40. The van der Waals surface area contributed by atoms with Gasteiger partial charge in [0.05, 0.1) is 47.4 Å². The Balaban J connectivity index is 0.883. The van der Waals surface area contributed by atoms with Gasteiger partial charge >= 0.3 is 5.97 Å². The summed E-state index contributed by atoms with van der Waals surface area (Å²) in [6, 6.07) is 12.3. The number of rotatable bonds is 24. The van der Waals surface area contributed by atoms with Crippen molar-refractivity contribution >= 4 is 69.6 Å². The maximum absolute atomic E-state index is 14.6. The molecule has 0 spiro atoms. The third-order valence-electron chi connectivity index (χ3n) is 13.4. The van der Waals surface area contributed by atoms with Crippen molar-refractivity contribution in [3.8, 4) is 15.4 Å². The van der Waals surface area contributed by atoms with E-state index in [9.17, 15) is 24.0 Å². The van der Waals surface area contributed by atoms with Crippen molar-refractivity contribution < 1.29 is 38.2 Å². The largest absolute Gasteiger partial charge is 0.460 e. The van der Waals surface area contributed by atoms with Crippen molar-refractivity contribution in [2.24, 2.45) is 15.5 Å². The number of hydrogen-bond donors (Lipinski definition) is 3. The van der Waals surface area contributed by atoms with E-state index in [0.717, 1.165) is 54.0 Å². The number of carbonyl (C=O) groups is 5. The fourth-order valence-electron chi connectivity index (χ4n) is 9.20. The number of thiazole rings is 1. The monoisotopic (exact) mass is 1110 g/mol. The third kappa shape index (κ3) is 14.9. The van der Waals surface area contributed by atoms with E-state index in [1.165, 1.54) is 4.90 Å². The lowest BCUT2D eigenvalue weighted by Crippen LogP contribution is -2.58. The third-order valence-corrected chi connectivity index (χ3v) is 15.8. The zero-order chi connectivity index (χ0) is 55.4. The maximum Gasteiger partial charge on any atom is 0.306 e. The van der Waals surface area contributed by atoms with Crippen molar-refractivity contribution in [1.29, 1.82) is 0 Å². The van der Waals surface area contributed by atoms with Crippen LogP contribution in [0.3, 0.4) is 0 Å². The molecule has 0 saturated carbocycles. The van der Waals surface area contributed by atoms with Crippen LogP contribution in [-0.4, -0.2) is 124 Å². The molecule has 5 aromatic rings. The van der Waals surface area contributed by atoms with Crippen LogP contribution in [-0.2, 0) is 38.2 Å². The first kappa shape index (κ1) is 58.1. The molecule has 0 radical (unpaired) electrons. The van der Waals surface area contributed by atoms with E-state index < -0.39 is 59.4 Å². The summed E-state index contributed by atoms with van der Waals surface area (Å²) in [5.41, 5.74) is 16.1. The predicted molar refractivity (Wildman–Crippen MR) is 295 cm³/mol. The fourth-order valence-corrected chi connectivity index (χ4v) is 11.4. The van der Waals surface area contributed by atoms with E-state index >= 15 is 0 Å². The van der Waals surface area contributed by atoms with Crippen molar-refractivity contribution in [3.05, 3.63) is 114 Å².